The molecule has 4 heterocycles. The standard InChI is InChI=1S/C10H12FN3/c11-7-1-2-10(12-4-7)14-5-8-3-9(6-14)13-8/h1-2,4,8-9,13H,3,5-6H2. The predicted molar refractivity (Wildman–Crippen MR) is 51.7 cm³/mol. The maximum Gasteiger partial charge on any atom is 0.141 e. The van der Waals surface area contributed by atoms with Crippen molar-refractivity contribution in [2.24, 2.45) is 0 Å². The molecule has 4 rings (SSSR count). The Bertz CT molecular complexity index is 322. The number of halogens is 1. The molecule has 0 amide bonds. The third-order valence-electron chi connectivity index (χ3n) is 2.96. The number of aromatic nitrogens is 1. The summed E-state index contributed by atoms with van der Waals surface area (Å²) in [4.78, 5) is 6.30. The first-order chi connectivity index (χ1) is 6.81. The lowest BCUT2D eigenvalue weighted by atomic mass is 9.91. The van der Waals surface area contributed by atoms with Crippen LogP contribution in [0.3, 0.4) is 0 Å². The molecule has 3 saturated heterocycles. The van der Waals surface area contributed by atoms with E-state index in [1.165, 1.54) is 18.7 Å². The Morgan fingerprint density at radius 2 is 2.07 bits per heavy atom. The number of piperidine rings is 1. The van der Waals surface area contributed by atoms with Crippen molar-refractivity contribution in [3.05, 3.63) is 24.1 Å². The molecular formula is C10H12FN3. The van der Waals surface area contributed by atoms with Gasteiger partial charge in [0.2, 0.25) is 0 Å². The first-order valence-corrected chi connectivity index (χ1v) is 4.94. The summed E-state index contributed by atoms with van der Waals surface area (Å²) < 4.78 is 12.6. The highest BCUT2D eigenvalue weighted by Gasteiger charge is 2.36. The SMILES string of the molecule is Fc1ccc(N2CC3CC(C2)N3)nc1. The highest BCUT2D eigenvalue weighted by molar-refractivity contribution is 5.40. The number of piperazine rings is 1. The molecule has 3 aliphatic heterocycles. The van der Waals surface area contributed by atoms with E-state index in [0.29, 0.717) is 12.1 Å². The molecular weight excluding hydrogens is 181 g/mol. The number of pyridine rings is 1. The summed E-state index contributed by atoms with van der Waals surface area (Å²) in [5.74, 6) is 0.622. The van der Waals surface area contributed by atoms with Gasteiger partial charge in [0.15, 0.2) is 0 Å². The van der Waals surface area contributed by atoms with Gasteiger partial charge in [0, 0.05) is 25.2 Å². The van der Waals surface area contributed by atoms with E-state index < -0.39 is 0 Å². The van der Waals surface area contributed by atoms with Gasteiger partial charge in [0.1, 0.15) is 11.6 Å². The van der Waals surface area contributed by atoms with Crippen LogP contribution >= 0.6 is 0 Å². The third kappa shape index (κ3) is 1.26. The highest BCUT2D eigenvalue weighted by Crippen LogP contribution is 2.24. The van der Waals surface area contributed by atoms with Crippen LogP contribution in [0.25, 0.3) is 0 Å². The normalized spacial score (nSPS) is 29.9. The van der Waals surface area contributed by atoms with Gasteiger partial charge in [0.25, 0.3) is 0 Å². The predicted octanol–water partition coefficient (Wildman–Crippen LogP) is 0.771. The lowest BCUT2D eigenvalue weighted by Crippen LogP contribution is -2.67. The van der Waals surface area contributed by atoms with Crippen molar-refractivity contribution in [1.29, 1.82) is 0 Å². The van der Waals surface area contributed by atoms with E-state index in [0.717, 1.165) is 18.9 Å². The second-order valence-electron chi connectivity index (χ2n) is 4.04. The quantitative estimate of drug-likeness (QED) is 0.714. The summed E-state index contributed by atoms with van der Waals surface area (Å²) in [5, 5.41) is 3.45. The molecule has 0 spiro atoms. The summed E-state index contributed by atoms with van der Waals surface area (Å²) in [5.41, 5.74) is 0. The van der Waals surface area contributed by atoms with Crippen molar-refractivity contribution in [2.75, 3.05) is 18.0 Å². The Labute approximate surface area is 81.9 Å². The number of fused-ring (bicyclic) bond motifs is 2. The molecule has 74 valence electrons. The van der Waals surface area contributed by atoms with Crippen LogP contribution in [-0.2, 0) is 0 Å². The van der Waals surface area contributed by atoms with Crippen LogP contribution < -0.4 is 10.2 Å². The van der Waals surface area contributed by atoms with Crippen molar-refractivity contribution in [2.45, 2.75) is 18.5 Å². The number of anilines is 1. The van der Waals surface area contributed by atoms with Gasteiger partial charge in [-0.1, -0.05) is 0 Å². The van der Waals surface area contributed by atoms with E-state index in [9.17, 15) is 4.39 Å². The number of hydrogen-bond donors (Lipinski definition) is 1. The van der Waals surface area contributed by atoms with Crippen LogP contribution in [0.4, 0.5) is 10.2 Å². The summed E-state index contributed by atoms with van der Waals surface area (Å²) >= 11 is 0. The van der Waals surface area contributed by atoms with Crippen molar-refractivity contribution in [1.82, 2.24) is 10.3 Å². The Balaban J connectivity index is 1.79. The van der Waals surface area contributed by atoms with E-state index in [-0.39, 0.29) is 5.82 Å². The monoisotopic (exact) mass is 193 g/mol. The fourth-order valence-corrected chi connectivity index (χ4v) is 2.26. The van der Waals surface area contributed by atoms with Crippen LogP contribution in [0, 0.1) is 5.82 Å². The average molecular weight is 193 g/mol. The molecule has 3 fully saturated rings. The Morgan fingerprint density at radius 3 is 2.64 bits per heavy atom. The molecule has 0 aliphatic carbocycles. The van der Waals surface area contributed by atoms with Gasteiger partial charge < -0.3 is 10.2 Å². The van der Waals surface area contributed by atoms with Crippen LogP contribution in [0.15, 0.2) is 18.3 Å². The number of nitrogens with one attached hydrogen (secondary N) is 1. The largest absolute Gasteiger partial charge is 0.353 e. The van der Waals surface area contributed by atoms with Gasteiger partial charge in [-0.05, 0) is 18.6 Å². The van der Waals surface area contributed by atoms with Crippen LogP contribution in [0.2, 0.25) is 0 Å². The molecule has 14 heavy (non-hydrogen) atoms. The van der Waals surface area contributed by atoms with Crippen molar-refractivity contribution < 1.29 is 4.39 Å². The molecule has 0 radical (unpaired) electrons. The van der Waals surface area contributed by atoms with Crippen LogP contribution in [0.5, 0.6) is 0 Å². The topological polar surface area (TPSA) is 28.2 Å². The van der Waals surface area contributed by atoms with E-state index in [1.807, 2.05) is 0 Å². The lowest BCUT2D eigenvalue weighted by Gasteiger charge is -2.48. The first-order valence-electron chi connectivity index (χ1n) is 4.94. The highest BCUT2D eigenvalue weighted by atomic mass is 19.1. The van der Waals surface area contributed by atoms with Crippen molar-refractivity contribution in [3.8, 4) is 0 Å². The maximum absolute atomic E-state index is 12.6. The zero-order valence-corrected chi connectivity index (χ0v) is 7.78. The first kappa shape index (κ1) is 8.17. The van der Waals surface area contributed by atoms with Gasteiger partial charge >= 0.3 is 0 Å². The minimum Gasteiger partial charge on any atom is -0.353 e. The molecule has 2 unspecified atom stereocenters. The van der Waals surface area contributed by atoms with Gasteiger partial charge in [-0.2, -0.15) is 0 Å². The molecule has 1 aromatic heterocycles. The number of rotatable bonds is 1. The molecule has 1 aromatic rings. The van der Waals surface area contributed by atoms with Crippen LogP contribution in [0.1, 0.15) is 6.42 Å². The zero-order valence-electron chi connectivity index (χ0n) is 7.78. The zero-order chi connectivity index (χ0) is 9.54. The molecule has 2 atom stereocenters. The van der Waals surface area contributed by atoms with Gasteiger partial charge in [0.05, 0.1) is 6.20 Å². The van der Waals surface area contributed by atoms with E-state index in [2.05, 4.69) is 15.2 Å². The van der Waals surface area contributed by atoms with E-state index >= 15 is 0 Å². The third-order valence-corrected chi connectivity index (χ3v) is 2.96. The molecule has 1 N–H and O–H groups in total. The molecule has 4 heteroatoms. The molecule has 0 saturated carbocycles. The molecule has 2 bridgehead atoms. The van der Waals surface area contributed by atoms with Crippen molar-refractivity contribution >= 4 is 5.82 Å². The molecule has 3 aliphatic rings. The summed E-state index contributed by atoms with van der Waals surface area (Å²) in [6, 6.07) is 4.44. The Morgan fingerprint density at radius 1 is 1.36 bits per heavy atom. The van der Waals surface area contributed by atoms with Gasteiger partial charge in [-0.25, -0.2) is 9.37 Å². The second-order valence-corrected chi connectivity index (χ2v) is 4.04. The minimum atomic E-state index is -0.269. The summed E-state index contributed by atoms with van der Waals surface area (Å²) in [6.45, 7) is 1.99. The second kappa shape index (κ2) is 2.92. The van der Waals surface area contributed by atoms with Crippen molar-refractivity contribution in [3.63, 3.8) is 0 Å². The smallest absolute Gasteiger partial charge is 0.141 e. The number of hydrogen-bond acceptors (Lipinski definition) is 3. The molecule has 3 nitrogen and oxygen atoms in total. The fraction of sp³-hybridized carbons (Fsp3) is 0.500. The average Bonchev–Trinajstić information content (AvgIpc) is 2.18. The summed E-state index contributed by atoms with van der Waals surface area (Å²) in [6.07, 6.45) is 2.56. The fourth-order valence-electron chi connectivity index (χ4n) is 2.26. The summed E-state index contributed by atoms with van der Waals surface area (Å²) in [7, 11) is 0. The lowest BCUT2D eigenvalue weighted by molar-refractivity contribution is 0.225. The van der Waals surface area contributed by atoms with Gasteiger partial charge in [-0.15, -0.1) is 0 Å². The maximum atomic E-state index is 12.6. The van der Waals surface area contributed by atoms with E-state index in [4.69, 9.17) is 0 Å². The Hall–Kier alpha value is -1.16. The Kier molecular flexibility index (Phi) is 1.70. The van der Waals surface area contributed by atoms with Gasteiger partial charge in [-0.3, -0.25) is 0 Å². The minimum absolute atomic E-state index is 0.269. The van der Waals surface area contributed by atoms with Crippen LogP contribution in [-0.4, -0.2) is 30.2 Å². The molecule has 0 aromatic carbocycles. The van der Waals surface area contributed by atoms with E-state index in [1.54, 1.807) is 6.07 Å². The number of nitrogens with zero attached hydrogens (tertiary/aromatic N) is 2.